The van der Waals surface area contributed by atoms with E-state index >= 15 is 0 Å². The molecule has 142 valence electrons. The molecule has 0 saturated heterocycles. The molecule has 0 atom stereocenters. The number of esters is 1. The molecule has 2 aromatic heterocycles. The van der Waals surface area contributed by atoms with Gasteiger partial charge in [0.2, 0.25) is 0 Å². The van der Waals surface area contributed by atoms with Crippen LogP contribution in [0, 0.1) is 13.8 Å². The van der Waals surface area contributed by atoms with Crippen LogP contribution in [0.4, 0.5) is 0 Å². The Labute approximate surface area is 156 Å². The van der Waals surface area contributed by atoms with E-state index in [1.165, 1.54) is 12.1 Å². The molecular formula is C21H22O6. The van der Waals surface area contributed by atoms with Crippen LogP contribution in [0.25, 0.3) is 11.0 Å². The van der Waals surface area contributed by atoms with Gasteiger partial charge in [0, 0.05) is 17.0 Å². The molecule has 3 rings (SSSR count). The van der Waals surface area contributed by atoms with E-state index in [1.807, 2.05) is 19.1 Å². The van der Waals surface area contributed by atoms with Gasteiger partial charge in [-0.05, 0) is 49.1 Å². The summed E-state index contributed by atoms with van der Waals surface area (Å²) < 4.78 is 16.0. The molecule has 3 aromatic rings. The number of fused-ring (bicyclic) bond motifs is 1. The molecule has 6 heteroatoms. The van der Waals surface area contributed by atoms with Crippen molar-refractivity contribution in [2.24, 2.45) is 0 Å². The lowest BCUT2D eigenvalue weighted by atomic mass is 9.95. The zero-order chi connectivity index (χ0) is 19.7. The van der Waals surface area contributed by atoms with E-state index in [0.717, 1.165) is 16.5 Å². The van der Waals surface area contributed by atoms with Crippen molar-refractivity contribution >= 4 is 16.9 Å². The van der Waals surface area contributed by atoms with Crippen molar-refractivity contribution in [1.29, 1.82) is 0 Å². The predicted molar refractivity (Wildman–Crippen MR) is 99.8 cm³/mol. The first-order chi connectivity index (χ1) is 12.8. The van der Waals surface area contributed by atoms with Crippen molar-refractivity contribution in [1.82, 2.24) is 0 Å². The van der Waals surface area contributed by atoms with Crippen molar-refractivity contribution in [3.8, 4) is 0 Å². The highest BCUT2D eigenvalue weighted by Gasteiger charge is 2.18. The van der Waals surface area contributed by atoms with E-state index in [4.69, 9.17) is 18.7 Å². The predicted octanol–water partition coefficient (Wildman–Crippen LogP) is 3.98. The summed E-state index contributed by atoms with van der Waals surface area (Å²) in [7, 11) is 0. The number of carbonyl (C=O) groups excluding carboxylic acids is 1. The van der Waals surface area contributed by atoms with Gasteiger partial charge in [-0.3, -0.25) is 0 Å². The van der Waals surface area contributed by atoms with E-state index in [-0.39, 0.29) is 18.8 Å². The molecule has 2 heterocycles. The van der Waals surface area contributed by atoms with Gasteiger partial charge in [-0.15, -0.1) is 0 Å². The van der Waals surface area contributed by atoms with Gasteiger partial charge < -0.3 is 18.7 Å². The number of ether oxygens (including phenoxy) is 1. The van der Waals surface area contributed by atoms with Crippen LogP contribution in [0.5, 0.6) is 0 Å². The molecule has 0 aliphatic carbocycles. The Bertz CT molecular complexity index is 1050. The Hall–Kier alpha value is -2.86. The van der Waals surface area contributed by atoms with Gasteiger partial charge in [0.05, 0.1) is 0 Å². The molecule has 0 spiro atoms. The Morgan fingerprint density at radius 3 is 2.52 bits per heavy atom. The van der Waals surface area contributed by atoms with Gasteiger partial charge in [0.1, 0.15) is 35.9 Å². The lowest BCUT2D eigenvalue weighted by Gasteiger charge is -2.13. The minimum Gasteiger partial charge on any atom is -0.463 e. The molecule has 0 radical (unpaired) electrons. The highest BCUT2D eigenvalue weighted by molar-refractivity contribution is 5.91. The van der Waals surface area contributed by atoms with Crippen molar-refractivity contribution < 1.29 is 23.5 Å². The summed E-state index contributed by atoms with van der Waals surface area (Å²) in [5.74, 6) is 0.400. The Morgan fingerprint density at radius 1 is 1.15 bits per heavy atom. The van der Waals surface area contributed by atoms with Gasteiger partial charge in [-0.1, -0.05) is 13.8 Å². The van der Waals surface area contributed by atoms with Crippen molar-refractivity contribution in [3.63, 3.8) is 0 Å². The van der Waals surface area contributed by atoms with Gasteiger partial charge in [0.15, 0.2) is 0 Å². The summed E-state index contributed by atoms with van der Waals surface area (Å²) in [4.78, 5) is 24.2. The number of rotatable bonds is 5. The number of benzene rings is 1. The third-order valence-corrected chi connectivity index (χ3v) is 4.54. The zero-order valence-corrected chi connectivity index (χ0v) is 15.8. The van der Waals surface area contributed by atoms with E-state index in [9.17, 15) is 9.59 Å². The van der Waals surface area contributed by atoms with Gasteiger partial charge in [-0.2, -0.15) is 0 Å². The highest BCUT2D eigenvalue weighted by Crippen LogP contribution is 2.27. The third-order valence-electron chi connectivity index (χ3n) is 4.54. The first-order valence-corrected chi connectivity index (χ1v) is 8.74. The van der Waals surface area contributed by atoms with Crippen LogP contribution in [-0.4, -0.2) is 11.1 Å². The van der Waals surface area contributed by atoms with Crippen LogP contribution in [0.2, 0.25) is 0 Å². The number of carbonyl (C=O) groups is 1. The van der Waals surface area contributed by atoms with Crippen LogP contribution >= 0.6 is 0 Å². The van der Waals surface area contributed by atoms with Crippen molar-refractivity contribution in [2.75, 3.05) is 0 Å². The summed E-state index contributed by atoms with van der Waals surface area (Å²) in [5.41, 5.74) is 3.00. The first kappa shape index (κ1) is 18.9. The largest absolute Gasteiger partial charge is 0.463 e. The summed E-state index contributed by atoms with van der Waals surface area (Å²) in [6, 6.07) is 6.62. The molecule has 0 fully saturated rings. The summed E-state index contributed by atoms with van der Waals surface area (Å²) >= 11 is 0. The molecule has 0 unspecified atom stereocenters. The van der Waals surface area contributed by atoms with E-state index in [1.54, 1.807) is 6.92 Å². The maximum Gasteiger partial charge on any atom is 0.342 e. The molecule has 1 N–H and O–H groups in total. The minimum absolute atomic E-state index is 0.0688. The van der Waals surface area contributed by atoms with Crippen LogP contribution in [-0.2, 0) is 18.0 Å². The molecule has 0 amide bonds. The molecule has 6 nitrogen and oxygen atoms in total. The van der Waals surface area contributed by atoms with Crippen molar-refractivity contribution in [3.05, 3.63) is 68.5 Å². The maximum atomic E-state index is 12.4. The van der Waals surface area contributed by atoms with Crippen LogP contribution in [0.15, 0.2) is 37.9 Å². The Morgan fingerprint density at radius 2 is 1.89 bits per heavy atom. The lowest BCUT2D eigenvalue weighted by Crippen LogP contribution is -2.08. The van der Waals surface area contributed by atoms with Crippen molar-refractivity contribution in [2.45, 2.75) is 46.8 Å². The second kappa shape index (κ2) is 7.40. The normalized spacial score (nSPS) is 11.3. The lowest BCUT2D eigenvalue weighted by molar-refractivity contribution is 0.0472. The second-order valence-corrected chi connectivity index (χ2v) is 6.87. The first-order valence-electron chi connectivity index (χ1n) is 8.74. The minimum atomic E-state index is -0.575. The molecule has 0 bridgehead atoms. The number of aliphatic hydroxyl groups excluding tert-OH is 1. The monoisotopic (exact) mass is 370 g/mol. The molecule has 0 aliphatic rings. The standard InChI is InChI=1S/C21H22O6/c1-11(2)16-8-18-14(6-20(23)27-19(18)5-12(16)3)10-25-21(24)17-7-15(9-22)26-13(17)4/h5-8,11,22H,9-10H2,1-4H3. The second-order valence-electron chi connectivity index (χ2n) is 6.87. The average Bonchev–Trinajstić information content (AvgIpc) is 2.99. The van der Waals surface area contributed by atoms with Crippen LogP contribution in [0.3, 0.4) is 0 Å². The number of aryl methyl sites for hydroxylation is 2. The van der Waals surface area contributed by atoms with E-state index in [0.29, 0.717) is 28.6 Å². The van der Waals surface area contributed by atoms with Gasteiger partial charge in [-0.25, -0.2) is 9.59 Å². The molecule has 0 saturated carbocycles. The number of aliphatic hydroxyl groups is 1. The van der Waals surface area contributed by atoms with Crippen LogP contribution in [0.1, 0.15) is 58.3 Å². The Balaban J connectivity index is 1.94. The molecule has 0 aliphatic heterocycles. The van der Waals surface area contributed by atoms with Gasteiger partial charge >= 0.3 is 11.6 Å². The molecule has 27 heavy (non-hydrogen) atoms. The molecule has 1 aromatic carbocycles. The maximum absolute atomic E-state index is 12.4. The highest BCUT2D eigenvalue weighted by atomic mass is 16.5. The van der Waals surface area contributed by atoms with Gasteiger partial charge in [0.25, 0.3) is 0 Å². The van der Waals surface area contributed by atoms with E-state index in [2.05, 4.69) is 13.8 Å². The third kappa shape index (κ3) is 3.80. The Kier molecular flexibility index (Phi) is 5.19. The fourth-order valence-corrected chi connectivity index (χ4v) is 3.18. The molecular weight excluding hydrogens is 348 g/mol. The SMILES string of the molecule is Cc1cc2oc(=O)cc(COC(=O)c3cc(CO)oc3C)c2cc1C(C)C. The van der Waals surface area contributed by atoms with E-state index < -0.39 is 11.6 Å². The summed E-state index contributed by atoms with van der Waals surface area (Å²) in [6.45, 7) is 7.42. The summed E-state index contributed by atoms with van der Waals surface area (Å²) in [5, 5.41) is 9.86. The topological polar surface area (TPSA) is 89.9 Å². The number of furan rings is 1. The smallest absolute Gasteiger partial charge is 0.342 e. The number of hydrogen-bond acceptors (Lipinski definition) is 6. The summed E-state index contributed by atoms with van der Waals surface area (Å²) in [6.07, 6.45) is 0. The van der Waals surface area contributed by atoms with Crippen LogP contribution < -0.4 is 5.63 Å². The fourth-order valence-electron chi connectivity index (χ4n) is 3.18. The fraction of sp³-hybridized carbons (Fsp3) is 0.333. The number of hydrogen-bond donors (Lipinski definition) is 1. The average molecular weight is 370 g/mol. The quantitative estimate of drug-likeness (QED) is 0.540. The zero-order valence-electron chi connectivity index (χ0n) is 15.8.